The van der Waals surface area contributed by atoms with Crippen LogP contribution in [0.5, 0.6) is 0 Å². The number of furan rings is 1. The predicted molar refractivity (Wildman–Crippen MR) is 206 cm³/mol. The molecule has 12 rings (SSSR count). The Hall–Kier alpha value is -6.26. The van der Waals surface area contributed by atoms with Crippen LogP contribution in [0, 0.1) is 0 Å². The number of aryl methyl sites for hydroxylation is 1. The van der Waals surface area contributed by atoms with Crippen LogP contribution >= 0.6 is 0 Å². The molecule has 0 radical (unpaired) electrons. The number of pyridine rings is 2. The molecule has 5 aromatic heterocycles. The van der Waals surface area contributed by atoms with Gasteiger partial charge >= 0.3 is 0 Å². The number of fused-ring (bicyclic) bond motifs is 18. The third-order valence-electron chi connectivity index (χ3n) is 12.0. The van der Waals surface area contributed by atoms with E-state index in [9.17, 15) is 0 Å². The maximum absolute atomic E-state index is 6.45. The fraction of sp³-hybridized carbons (Fsp3) is 0.106. The van der Waals surface area contributed by atoms with Crippen LogP contribution in [0.15, 0.2) is 151 Å². The molecule has 0 fully saturated rings. The first-order valence-corrected chi connectivity index (χ1v) is 18.1. The highest BCUT2D eigenvalue weighted by atomic mass is 16.3. The van der Waals surface area contributed by atoms with Gasteiger partial charge in [-0.3, -0.25) is 0 Å². The molecule has 2 unspecified atom stereocenters. The van der Waals surface area contributed by atoms with Crippen LogP contribution in [0.3, 0.4) is 0 Å². The maximum atomic E-state index is 6.45. The van der Waals surface area contributed by atoms with Crippen LogP contribution in [0.1, 0.15) is 35.9 Å². The molecule has 51 heavy (non-hydrogen) atoms. The fourth-order valence-corrected chi connectivity index (χ4v) is 9.83. The van der Waals surface area contributed by atoms with Gasteiger partial charge in [0, 0.05) is 74.1 Å². The number of benzene rings is 5. The zero-order chi connectivity index (χ0) is 33.4. The lowest BCUT2D eigenvalue weighted by atomic mass is 9.77. The minimum absolute atomic E-state index is 0.227. The van der Waals surface area contributed by atoms with Gasteiger partial charge in [0.2, 0.25) is 11.4 Å². The molecule has 4 heteroatoms. The first-order valence-electron chi connectivity index (χ1n) is 18.1. The second kappa shape index (κ2) is 9.92. The summed E-state index contributed by atoms with van der Waals surface area (Å²) in [5.41, 5.74) is 14.7. The largest absolute Gasteiger partial charge is 0.456 e. The van der Waals surface area contributed by atoms with Crippen LogP contribution in [-0.4, -0.2) is 4.40 Å². The third-order valence-corrected chi connectivity index (χ3v) is 12.0. The SMILES string of the molecule is C=C1CC2C(CCc3ccccc3-c3cccc[n+]31)c1cc3c(cc1-c1cccc[n+]12)c1cccc2c4cc5c(cc4n3c12)oc1ccccc15. The molecule has 0 bridgehead atoms. The van der Waals surface area contributed by atoms with Gasteiger partial charge in [-0.1, -0.05) is 54.6 Å². The van der Waals surface area contributed by atoms with Gasteiger partial charge in [-0.15, -0.1) is 0 Å². The summed E-state index contributed by atoms with van der Waals surface area (Å²) in [6.45, 7) is 4.74. The van der Waals surface area contributed by atoms with Gasteiger partial charge in [0.05, 0.1) is 28.5 Å². The summed E-state index contributed by atoms with van der Waals surface area (Å²) >= 11 is 0. The highest BCUT2D eigenvalue weighted by Crippen LogP contribution is 2.48. The summed E-state index contributed by atoms with van der Waals surface area (Å²) in [7, 11) is 0. The molecule has 0 saturated carbocycles. The highest BCUT2D eigenvalue weighted by molar-refractivity contribution is 6.26. The van der Waals surface area contributed by atoms with Crippen LogP contribution in [-0.2, 0) is 6.42 Å². The number of rotatable bonds is 0. The molecule has 0 saturated heterocycles. The summed E-state index contributed by atoms with van der Waals surface area (Å²) in [6.07, 6.45) is 7.38. The molecular formula is C47H33N3O+2. The second-order valence-corrected chi connectivity index (χ2v) is 14.5. The van der Waals surface area contributed by atoms with E-state index in [4.69, 9.17) is 11.0 Å². The van der Waals surface area contributed by atoms with E-state index in [2.05, 4.69) is 147 Å². The van der Waals surface area contributed by atoms with Gasteiger partial charge in [0.15, 0.2) is 24.1 Å². The Kier molecular flexibility index (Phi) is 5.36. The Labute approximate surface area is 294 Å². The lowest BCUT2D eigenvalue weighted by Gasteiger charge is -2.31. The van der Waals surface area contributed by atoms with E-state index >= 15 is 0 Å². The van der Waals surface area contributed by atoms with Gasteiger partial charge in [0.25, 0.3) is 0 Å². The van der Waals surface area contributed by atoms with Crippen LogP contribution in [0.2, 0.25) is 0 Å². The van der Waals surface area contributed by atoms with Crippen molar-refractivity contribution >= 4 is 65.7 Å². The van der Waals surface area contributed by atoms with Crippen LogP contribution in [0.4, 0.5) is 0 Å². The second-order valence-electron chi connectivity index (χ2n) is 14.5. The summed E-state index contributed by atoms with van der Waals surface area (Å²) in [4.78, 5) is 0. The van der Waals surface area contributed by atoms with E-state index in [0.717, 1.165) is 36.1 Å². The molecule has 0 amide bonds. The van der Waals surface area contributed by atoms with E-state index in [-0.39, 0.29) is 6.04 Å². The normalized spacial score (nSPS) is 17.2. The topological polar surface area (TPSA) is 25.3 Å². The fourth-order valence-electron chi connectivity index (χ4n) is 9.83. The number of aromatic nitrogens is 3. The van der Waals surface area contributed by atoms with Gasteiger partial charge in [0.1, 0.15) is 11.2 Å². The predicted octanol–water partition coefficient (Wildman–Crippen LogP) is 10.8. The third kappa shape index (κ3) is 3.64. The van der Waals surface area contributed by atoms with E-state index in [1.165, 1.54) is 82.5 Å². The number of para-hydroxylation sites is 2. The Morgan fingerprint density at radius 3 is 2.27 bits per heavy atom. The van der Waals surface area contributed by atoms with Crippen molar-refractivity contribution in [2.24, 2.45) is 0 Å². The lowest BCUT2D eigenvalue weighted by Crippen LogP contribution is -2.49. The summed E-state index contributed by atoms with van der Waals surface area (Å²) in [6, 6.07) is 47.2. The van der Waals surface area contributed by atoms with Crippen molar-refractivity contribution in [3.8, 4) is 22.5 Å². The first kappa shape index (κ1) is 27.5. The number of hydrogen-bond donors (Lipinski definition) is 0. The molecule has 0 spiro atoms. The molecule has 4 nitrogen and oxygen atoms in total. The average molecular weight is 656 g/mol. The molecule has 10 aromatic rings. The van der Waals surface area contributed by atoms with E-state index in [1.54, 1.807) is 0 Å². The highest BCUT2D eigenvalue weighted by Gasteiger charge is 2.43. The van der Waals surface area contributed by atoms with Crippen molar-refractivity contribution in [3.05, 3.63) is 157 Å². The molecule has 2 atom stereocenters. The molecule has 240 valence electrons. The number of allylic oxidation sites excluding steroid dienone is 1. The Morgan fingerprint density at radius 2 is 1.35 bits per heavy atom. The van der Waals surface area contributed by atoms with Gasteiger partial charge < -0.3 is 8.82 Å². The quantitative estimate of drug-likeness (QED) is 0.149. The molecule has 7 heterocycles. The monoisotopic (exact) mass is 655 g/mol. The Balaban J connectivity index is 1.14. The van der Waals surface area contributed by atoms with Crippen molar-refractivity contribution in [2.75, 3.05) is 0 Å². The van der Waals surface area contributed by atoms with Gasteiger partial charge in [-0.25, -0.2) is 0 Å². The molecule has 5 aromatic carbocycles. The standard InChI is InChI=1S/C47H33N3O/c1-28-23-42-31(20-19-29-11-2-3-12-30(29)40-16-6-8-21-48(28)40)35-26-43-36(24-38(35)41-17-7-9-22-49(41)42)33-14-10-15-34-37-25-39-32-13-4-5-18-45(32)51-46(39)27-44(37)50(43)47(33)34/h2-18,21-22,24-27,31,42H,1,19-20,23H2/q+2. The zero-order valence-electron chi connectivity index (χ0n) is 28.0. The Morgan fingerprint density at radius 1 is 0.608 bits per heavy atom. The molecular weight excluding hydrogens is 623 g/mol. The van der Waals surface area contributed by atoms with E-state index < -0.39 is 0 Å². The van der Waals surface area contributed by atoms with Crippen molar-refractivity contribution in [1.82, 2.24) is 4.40 Å². The van der Waals surface area contributed by atoms with E-state index in [1.807, 2.05) is 6.07 Å². The van der Waals surface area contributed by atoms with Crippen molar-refractivity contribution in [2.45, 2.75) is 31.2 Å². The number of nitrogens with zero attached hydrogens (tertiary/aromatic N) is 3. The number of hydrogen-bond acceptors (Lipinski definition) is 1. The van der Waals surface area contributed by atoms with Crippen molar-refractivity contribution in [1.29, 1.82) is 0 Å². The average Bonchev–Trinajstić information content (AvgIpc) is 3.82. The van der Waals surface area contributed by atoms with Crippen LogP contribution in [0.25, 0.3) is 88.2 Å². The Bertz CT molecular complexity index is 3110. The van der Waals surface area contributed by atoms with Crippen molar-refractivity contribution < 1.29 is 13.6 Å². The maximum Gasteiger partial charge on any atom is 0.218 e. The van der Waals surface area contributed by atoms with Crippen LogP contribution < -0.4 is 9.13 Å². The van der Waals surface area contributed by atoms with E-state index in [0.29, 0.717) is 5.92 Å². The van der Waals surface area contributed by atoms with Crippen molar-refractivity contribution in [3.63, 3.8) is 0 Å². The molecule has 2 aliphatic heterocycles. The molecule has 0 N–H and O–H groups in total. The molecule has 2 aliphatic rings. The summed E-state index contributed by atoms with van der Waals surface area (Å²) in [5, 5.41) is 7.50. The lowest BCUT2D eigenvalue weighted by molar-refractivity contribution is -0.720. The minimum atomic E-state index is 0.227. The molecule has 0 aliphatic carbocycles. The first-order chi connectivity index (χ1) is 25.2. The minimum Gasteiger partial charge on any atom is -0.456 e. The van der Waals surface area contributed by atoms with Gasteiger partial charge in [-0.05, 0) is 73.0 Å². The smallest absolute Gasteiger partial charge is 0.218 e. The summed E-state index contributed by atoms with van der Waals surface area (Å²) in [5.74, 6) is 0.295. The van der Waals surface area contributed by atoms with Gasteiger partial charge in [-0.2, -0.15) is 9.13 Å². The summed E-state index contributed by atoms with van der Waals surface area (Å²) < 4.78 is 13.8. The zero-order valence-corrected chi connectivity index (χ0v) is 28.0.